The average molecular weight is 525 g/mol. The summed E-state index contributed by atoms with van der Waals surface area (Å²) in [5.41, 5.74) is 3.62. The molecule has 0 radical (unpaired) electrons. The molecule has 0 amide bonds. The Bertz CT molecular complexity index is 798. The summed E-state index contributed by atoms with van der Waals surface area (Å²) >= 11 is 0. The molecule has 0 bridgehead atoms. The molecule has 0 aliphatic heterocycles. The van der Waals surface area contributed by atoms with Crippen molar-refractivity contribution >= 4 is 29.9 Å². The van der Waals surface area contributed by atoms with E-state index in [4.69, 9.17) is 4.74 Å². The molecule has 7 heteroatoms. The SMILES string of the molecule is CCOCCC1(CNC(=NC)NCc2ccccc2-n2ccc(C)n2)CCCC1.I. The Labute approximate surface area is 197 Å². The minimum absolute atomic E-state index is 0. The first-order valence-corrected chi connectivity index (χ1v) is 10.8. The number of aryl methyl sites for hydroxylation is 1. The number of halogens is 1. The molecule has 0 unspecified atom stereocenters. The predicted molar refractivity (Wildman–Crippen MR) is 134 cm³/mol. The zero-order valence-electron chi connectivity index (χ0n) is 18.5. The Kier molecular flexibility index (Phi) is 10.1. The van der Waals surface area contributed by atoms with Crippen molar-refractivity contribution in [2.75, 3.05) is 26.8 Å². The molecule has 6 nitrogen and oxygen atoms in total. The molecule has 1 aromatic heterocycles. The van der Waals surface area contributed by atoms with Gasteiger partial charge in [0.25, 0.3) is 0 Å². The molecule has 0 atom stereocenters. The van der Waals surface area contributed by atoms with Gasteiger partial charge in [-0.25, -0.2) is 4.68 Å². The number of hydrogen-bond donors (Lipinski definition) is 2. The molecule has 1 aliphatic carbocycles. The van der Waals surface area contributed by atoms with Gasteiger partial charge in [0, 0.05) is 39.5 Å². The van der Waals surface area contributed by atoms with Gasteiger partial charge in [0.05, 0.1) is 11.4 Å². The van der Waals surface area contributed by atoms with Gasteiger partial charge in [0.15, 0.2) is 5.96 Å². The van der Waals surface area contributed by atoms with E-state index in [1.54, 1.807) is 0 Å². The molecular formula is C23H36IN5O. The van der Waals surface area contributed by atoms with Crippen LogP contribution in [0.4, 0.5) is 0 Å². The van der Waals surface area contributed by atoms with Gasteiger partial charge in [-0.3, -0.25) is 4.99 Å². The van der Waals surface area contributed by atoms with Crippen molar-refractivity contribution in [3.8, 4) is 5.69 Å². The van der Waals surface area contributed by atoms with E-state index in [1.165, 1.54) is 31.2 Å². The van der Waals surface area contributed by atoms with Crippen LogP contribution in [-0.2, 0) is 11.3 Å². The maximum absolute atomic E-state index is 5.63. The van der Waals surface area contributed by atoms with Gasteiger partial charge in [-0.05, 0) is 56.2 Å². The Morgan fingerprint density at radius 3 is 2.63 bits per heavy atom. The molecule has 166 valence electrons. The molecule has 3 rings (SSSR count). The van der Waals surface area contributed by atoms with Gasteiger partial charge in [-0.2, -0.15) is 5.10 Å². The van der Waals surface area contributed by atoms with Crippen molar-refractivity contribution in [2.24, 2.45) is 10.4 Å². The first kappa shape index (κ1) is 24.7. The number of hydrogen-bond acceptors (Lipinski definition) is 3. The average Bonchev–Trinajstić information content (AvgIpc) is 3.38. The Hall–Kier alpha value is -1.61. The molecule has 30 heavy (non-hydrogen) atoms. The topological polar surface area (TPSA) is 63.5 Å². The first-order chi connectivity index (χ1) is 14.2. The van der Waals surface area contributed by atoms with Crippen LogP contribution in [0.1, 0.15) is 50.3 Å². The standard InChI is InChI=1S/C23H35N5O.HI/c1-4-29-16-14-23(12-7-8-13-23)18-26-22(24-3)25-17-20-9-5-6-10-21(20)28-15-11-19(2)27-28;/h5-6,9-11,15H,4,7-8,12-14,16-18H2,1-3H3,(H2,24,25,26);1H. The van der Waals surface area contributed by atoms with Gasteiger partial charge >= 0.3 is 0 Å². The maximum Gasteiger partial charge on any atom is 0.191 e. The highest BCUT2D eigenvalue weighted by atomic mass is 127. The fraction of sp³-hybridized carbons (Fsp3) is 0.565. The zero-order chi connectivity index (χ0) is 20.5. The highest BCUT2D eigenvalue weighted by Crippen LogP contribution is 2.40. The Balaban J connectivity index is 0.00000320. The van der Waals surface area contributed by atoms with E-state index in [9.17, 15) is 0 Å². The van der Waals surface area contributed by atoms with Crippen molar-refractivity contribution in [3.63, 3.8) is 0 Å². The number of guanidine groups is 1. The van der Waals surface area contributed by atoms with Gasteiger partial charge in [-0.1, -0.05) is 31.0 Å². The van der Waals surface area contributed by atoms with Crippen LogP contribution in [0.25, 0.3) is 5.69 Å². The highest BCUT2D eigenvalue weighted by Gasteiger charge is 2.33. The van der Waals surface area contributed by atoms with E-state index in [0.29, 0.717) is 12.0 Å². The van der Waals surface area contributed by atoms with Crippen LogP contribution in [-0.4, -0.2) is 42.5 Å². The number of rotatable bonds is 9. The van der Waals surface area contributed by atoms with Crippen LogP contribution in [0.15, 0.2) is 41.5 Å². The molecule has 2 N–H and O–H groups in total. The molecule has 1 fully saturated rings. The van der Waals surface area contributed by atoms with Crippen LogP contribution >= 0.6 is 24.0 Å². The van der Waals surface area contributed by atoms with E-state index in [2.05, 4.69) is 45.8 Å². The van der Waals surface area contributed by atoms with Crippen LogP contribution < -0.4 is 10.6 Å². The lowest BCUT2D eigenvalue weighted by Gasteiger charge is -2.30. The smallest absolute Gasteiger partial charge is 0.191 e. The number of para-hydroxylation sites is 1. The van der Waals surface area contributed by atoms with Crippen molar-refractivity contribution in [1.29, 1.82) is 0 Å². The quantitative estimate of drug-likeness (QED) is 0.220. The second-order valence-electron chi connectivity index (χ2n) is 7.96. The van der Waals surface area contributed by atoms with Crippen LogP contribution in [0.5, 0.6) is 0 Å². The van der Waals surface area contributed by atoms with E-state index >= 15 is 0 Å². The van der Waals surface area contributed by atoms with E-state index in [0.717, 1.165) is 43.5 Å². The summed E-state index contributed by atoms with van der Waals surface area (Å²) in [5.74, 6) is 0.846. The van der Waals surface area contributed by atoms with E-state index < -0.39 is 0 Å². The lowest BCUT2D eigenvalue weighted by molar-refractivity contribution is 0.105. The number of aromatic nitrogens is 2. The summed E-state index contributed by atoms with van der Waals surface area (Å²) in [7, 11) is 1.83. The molecule has 1 saturated carbocycles. The normalized spacial score (nSPS) is 15.6. The molecule has 2 aromatic rings. The Morgan fingerprint density at radius 2 is 1.97 bits per heavy atom. The Morgan fingerprint density at radius 1 is 1.20 bits per heavy atom. The number of nitrogens with one attached hydrogen (secondary N) is 2. The lowest BCUT2D eigenvalue weighted by Crippen LogP contribution is -2.43. The summed E-state index contributed by atoms with van der Waals surface area (Å²) in [5, 5.41) is 11.6. The van der Waals surface area contributed by atoms with Crippen LogP contribution in [0.3, 0.4) is 0 Å². The number of nitrogens with zero attached hydrogens (tertiary/aromatic N) is 3. The van der Waals surface area contributed by atoms with Gasteiger partial charge in [0.2, 0.25) is 0 Å². The summed E-state index contributed by atoms with van der Waals surface area (Å²) in [6.45, 7) is 7.35. The number of ether oxygens (including phenoxy) is 1. The van der Waals surface area contributed by atoms with Crippen LogP contribution in [0, 0.1) is 12.3 Å². The minimum Gasteiger partial charge on any atom is -0.382 e. The van der Waals surface area contributed by atoms with Crippen LogP contribution in [0.2, 0.25) is 0 Å². The highest BCUT2D eigenvalue weighted by molar-refractivity contribution is 14.0. The van der Waals surface area contributed by atoms with Gasteiger partial charge in [-0.15, -0.1) is 24.0 Å². The van der Waals surface area contributed by atoms with Crippen molar-refractivity contribution in [2.45, 2.75) is 52.5 Å². The third kappa shape index (κ3) is 6.70. The lowest BCUT2D eigenvalue weighted by atomic mass is 9.83. The molecule has 1 aliphatic rings. The second-order valence-corrected chi connectivity index (χ2v) is 7.96. The van der Waals surface area contributed by atoms with Crippen molar-refractivity contribution in [3.05, 3.63) is 47.8 Å². The second kappa shape index (κ2) is 12.3. The molecule has 1 aromatic carbocycles. The number of benzene rings is 1. The van der Waals surface area contributed by atoms with Crippen molar-refractivity contribution in [1.82, 2.24) is 20.4 Å². The summed E-state index contributed by atoms with van der Waals surface area (Å²) < 4.78 is 7.57. The fourth-order valence-corrected chi connectivity index (χ4v) is 4.18. The maximum atomic E-state index is 5.63. The molecule has 0 saturated heterocycles. The predicted octanol–water partition coefficient (Wildman–Crippen LogP) is 4.45. The molecular weight excluding hydrogens is 489 g/mol. The third-order valence-electron chi connectivity index (χ3n) is 5.91. The minimum atomic E-state index is 0. The summed E-state index contributed by atoms with van der Waals surface area (Å²) in [6.07, 6.45) is 8.29. The van der Waals surface area contributed by atoms with E-state index in [1.807, 2.05) is 37.0 Å². The van der Waals surface area contributed by atoms with Crippen molar-refractivity contribution < 1.29 is 4.74 Å². The van der Waals surface area contributed by atoms with E-state index in [-0.39, 0.29) is 24.0 Å². The van der Waals surface area contributed by atoms with Gasteiger partial charge < -0.3 is 15.4 Å². The summed E-state index contributed by atoms with van der Waals surface area (Å²) in [4.78, 5) is 4.44. The third-order valence-corrected chi connectivity index (χ3v) is 5.91. The first-order valence-electron chi connectivity index (χ1n) is 10.8. The summed E-state index contributed by atoms with van der Waals surface area (Å²) in [6, 6.07) is 10.4. The largest absolute Gasteiger partial charge is 0.382 e. The molecule has 0 spiro atoms. The monoisotopic (exact) mass is 525 g/mol. The number of aliphatic imine (C=N–C) groups is 1. The van der Waals surface area contributed by atoms with Gasteiger partial charge in [0.1, 0.15) is 0 Å². The zero-order valence-corrected chi connectivity index (χ0v) is 20.8. The molecule has 1 heterocycles. The fourth-order valence-electron chi connectivity index (χ4n) is 4.18.